The molecule has 1 saturated heterocycles. The van der Waals surface area contributed by atoms with Crippen LogP contribution < -0.4 is 10.2 Å². The molecule has 3 heterocycles. The smallest absolute Gasteiger partial charge is 0.227 e. The molecule has 1 fully saturated rings. The Morgan fingerprint density at radius 3 is 2.86 bits per heavy atom. The van der Waals surface area contributed by atoms with Crippen LogP contribution in [0.2, 0.25) is 0 Å². The first-order chi connectivity index (χ1) is 13.6. The van der Waals surface area contributed by atoms with Crippen LogP contribution in [0.15, 0.2) is 54.9 Å². The molecule has 6 nitrogen and oxygen atoms in total. The Morgan fingerprint density at radius 1 is 1.21 bits per heavy atom. The highest BCUT2D eigenvalue weighted by molar-refractivity contribution is 6.00. The highest BCUT2D eigenvalue weighted by Gasteiger charge is 2.34. The number of rotatable bonds is 6. The Bertz CT molecular complexity index is 999. The molecule has 144 valence electrons. The van der Waals surface area contributed by atoms with Crippen molar-refractivity contribution in [3.8, 4) is 0 Å². The average Bonchev–Trinajstić information content (AvgIpc) is 3.29. The molecule has 1 atom stereocenters. The largest absolute Gasteiger partial charge is 0.356 e. The van der Waals surface area contributed by atoms with E-state index in [9.17, 15) is 14.0 Å². The molecule has 2 amide bonds. The molecule has 7 heteroatoms. The number of nitrogens with zero attached hydrogens (tertiary/aromatic N) is 3. The molecule has 1 N–H and O–H groups in total. The SMILES string of the molecule is O=C(NCCCn1ccc2cccnc21)[C@@H]1CC(=O)N(c2ccc(F)cc2)C1. The number of hydrogen-bond acceptors (Lipinski definition) is 3. The predicted molar refractivity (Wildman–Crippen MR) is 104 cm³/mol. The average molecular weight is 380 g/mol. The van der Waals surface area contributed by atoms with Crippen LogP contribution in [0.1, 0.15) is 12.8 Å². The second kappa shape index (κ2) is 7.80. The van der Waals surface area contributed by atoms with Crippen LogP contribution in [0.3, 0.4) is 0 Å². The molecule has 0 bridgehead atoms. The number of aromatic nitrogens is 2. The standard InChI is InChI=1S/C21H21FN4O2/c22-17-4-6-18(7-5-17)26-14-16(13-19(26)27)21(28)24-10-2-11-25-12-8-15-3-1-9-23-20(15)25/h1,3-9,12,16H,2,10-11,13-14H2,(H,24,28)/t16-/m1/s1. The Hall–Kier alpha value is -3.22. The van der Waals surface area contributed by atoms with Gasteiger partial charge in [-0.2, -0.15) is 0 Å². The molecule has 28 heavy (non-hydrogen) atoms. The van der Waals surface area contributed by atoms with Gasteiger partial charge in [0, 0.05) is 49.5 Å². The minimum atomic E-state index is -0.383. The molecule has 4 rings (SSSR count). The van der Waals surface area contributed by atoms with E-state index >= 15 is 0 Å². The van der Waals surface area contributed by atoms with Crippen molar-refractivity contribution in [3.05, 3.63) is 60.7 Å². The number of anilines is 1. The summed E-state index contributed by atoms with van der Waals surface area (Å²) in [5.41, 5.74) is 1.55. The summed E-state index contributed by atoms with van der Waals surface area (Å²) in [6, 6.07) is 11.7. The molecule has 2 aromatic heterocycles. The Balaban J connectivity index is 1.27. The lowest BCUT2D eigenvalue weighted by Crippen LogP contribution is -2.33. The third-order valence-corrected chi connectivity index (χ3v) is 5.03. The van der Waals surface area contributed by atoms with Gasteiger partial charge in [0.2, 0.25) is 11.8 Å². The number of nitrogens with one attached hydrogen (secondary N) is 1. The summed E-state index contributed by atoms with van der Waals surface area (Å²) in [6.45, 7) is 1.61. The van der Waals surface area contributed by atoms with Gasteiger partial charge in [0.15, 0.2) is 0 Å². The van der Waals surface area contributed by atoms with E-state index in [2.05, 4.69) is 14.9 Å². The summed E-state index contributed by atoms with van der Waals surface area (Å²) in [5.74, 6) is -0.966. The van der Waals surface area contributed by atoms with Crippen molar-refractivity contribution in [2.45, 2.75) is 19.4 Å². The number of benzene rings is 1. The molecule has 0 spiro atoms. The van der Waals surface area contributed by atoms with Gasteiger partial charge in [0.1, 0.15) is 11.5 Å². The molecule has 1 aromatic carbocycles. The monoisotopic (exact) mass is 380 g/mol. The highest BCUT2D eigenvalue weighted by Crippen LogP contribution is 2.25. The molecule has 1 aliphatic rings. The topological polar surface area (TPSA) is 67.2 Å². The number of fused-ring (bicyclic) bond motifs is 1. The fourth-order valence-corrected chi connectivity index (χ4v) is 3.56. The first kappa shape index (κ1) is 18.2. The van der Waals surface area contributed by atoms with E-state index in [1.807, 2.05) is 24.4 Å². The molecule has 1 aliphatic heterocycles. The van der Waals surface area contributed by atoms with Crippen molar-refractivity contribution >= 4 is 28.5 Å². The van der Waals surface area contributed by atoms with Gasteiger partial charge < -0.3 is 14.8 Å². The van der Waals surface area contributed by atoms with Gasteiger partial charge in [0.25, 0.3) is 0 Å². The van der Waals surface area contributed by atoms with Crippen molar-refractivity contribution in [1.82, 2.24) is 14.9 Å². The minimum Gasteiger partial charge on any atom is -0.356 e. The van der Waals surface area contributed by atoms with Crippen LogP contribution in [-0.2, 0) is 16.1 Å². The van der Waals surface area contributed by atoms with E-state index in [0.717, 1.165) is 24.0 Å². The third kappa shape index (κ3) is 3.74. The molecule has 0 unspecified atom stereocenters. The van der Waals surface area contributed by atoms with Crippen molar-refractivity contribution in [2.24, 2.45) is 5.92 Å². The number of aryl methyl sites for hydroxylation is 1. The van der Waals surface area contributed by atoms with Crippen LogP contribution in [-0.4, -0.2) is 34.5 Å². The van der Waals surface area contributed by atoms with E-state index in [1.54, 1.807) is 23.2 Å². The first-order valence-corrected chi connectivity index (χ1v) is 9.35. The molecular formula is C21H21FN4O2. The lowest BCUT2D eigenvalue weighted by atomic mass is 10.1. The van der Waals surface area contributed by atoms with Crippen molar-refractivity contribution < 1.29 is 14.0 Å². The van der Waals surface area contributed by atoms with Crippen LogP contribution >= 0.6 is 0 Å². The number of halogens is 1. The summed E-state index contributed by atoms with van der Waals surface area (Å²) in [4.78, 5) is 30.6. The number of hydrogen-bond donors (Lipinski definition) is 1. The second-order valence-corrected chi connectivity index (χ2v) is 6.95. The summed E-state index contributed by atoms with van der Waals surface area (Å²) < 4.78 is 15.1. The van der Waals surface area contributed by atoms with Gasteiger partial charge in [-0.25, -0.2) is 9.37 Å². The zero-order valence-electron chi connectivity index (χ0n) is 15.3. The molecule has 3 aromatic rings. The molecule has 0 radical (unpaired) electrons. The van der Waals surface area contributed by atoms with E-state index in [1.165, 1.54) is 12.1 Å². The van der Waals surface area contributed by atoms with Crippen LogP contribution in [0.25, 0.3) is 11.0 Å². The lowest BCUT2D eigenvalue weighted by molar-refractivity contribution is -0.126. The zero-order valence-corrected chi connectivity index (χ0v) is 15.3. The van der Waals surface area contributed by atoms with Crippen molar-refractivity contribution in [1.29, 1.82) is 0 Å². The van der Waals surface area contributed by atoms with Gasteiger partial charge in [-0.05, 0) is 48.9 Å². The van der Waals surface area contributed by atoms with Crippen molar-refractivity contribution in [2.75, 3.05) is 18.0 Å². The maximum atomic E-state index is 13.1. The normalized spacial score (nSPS) is 16.7. The quantitative estimate of drug-likeness (QED) is 0.669. The van der Waals surface area contributed by atoms with Gasteiger partial charge in [0.05, 0.1) is 5.92 Å². The van der Waals surface area contributed by atoms with Gasteiger partial charge in [-0.3, -0.25) is 9.59 Å². The summed E-state index contributed by atoms with van der Waals surface area (Å²) in [5, 5.41) is 4.02. The molecule has 0 aliphatic carbocycles. The Labute approximate surface area is 162 Å². The number of pyridine rings is 1. The summed E-state index contributed by atoms with van der Waals surface area (Å²) in [7, 11) is 0. The minimum absolute atomic E-state index is 0.114. The Kier molecular flexibility index (Phi) is 5.06. The van der Waals surface area contributed by atoms with Crippen LogP contribution in [0.5, 0.6) is 0 Å². The molecular weight excluding hydrogens is 359 g/mol. The van der Waals surface area contributed by atoms with Crippen LogP contribution in [0.4, 0.5) is 10.1 Å². The highest BCUT2D eigenvalue weighted by atomic mass is 19.1. The van der Waals surface area contributed by atoms with Gasteiger partial charge >= 0.3 is 0 Å². The van der Waals surface area contributed by atoms with Crippen LogP contribution in [0, 0.1) is 11.7 Å². The summed E-state index contributed by atoms with van der Waals surface area (Å²) >= 11 is 0. The number of carbonyl (C=O) groups is 2. The van der Waals surface area contributed by atoms with E-state index < -0.39 is 0 Å². The maximum Gasteiger partial charge on any atom is 0.227 e. The molecule has 0 saturated carbocycles. The zero-order chi connectivity index (χ0) is 19.5. The van der Waals surface area contributed by atoms with Crippen molar-refractivity contribution in [3.63, 3.8) is 0 Å². The van der Waals surface area contributed by atoms with Gasteiger partial charge in [-0.15, -0.1) is 0 Å². The van der Waals surface area contributed by atoms with E-state index in [4.69, 9.17) is 0 Å². The maximum absolute atomic E-state index is 13.1. The lowest BCUT2D eigenvalue weighted by Gasteiger charge is -2.16. The second-order valence-electron chi connectivity index (χ2n) is 6.95. The Morgan fingerprint density at radius 2 is 2.04 bits per heavy atom. The summed E-state index contributed by atoms with van der Waals surface area (Å²) in [6.07, 6.45) is 4.71. The van der Waals surface area contributed by atoms with E-state index in [0.29, 0.717) is 18.8 Å². The third-order valence-electron chi connectivity index (χ3n) is 5.03. The predicted octanol–water partition coefficient (Wildman–Crippen LogP) is 2.73. The number of amides is 2. The van der Waals surface area contributed by atoms with Gasteiger partial charge in [-0.1, -0.05) is 0 Å². The fraction of sp³-hybridized carbons (Fsp3) is 0.286. The van der Waals surface area contributed by atoms with E-state index in [-0.39, 0.29) is 30.0 Å². The first-order valence-electron chi connectivity index (χ1n) is 9.35. The fourth-order valence-electron chi connectivity index (χ4n) is 3.56. The number of carbonyl (C=O) groups excluding carboxylic acids is 2.